The summed E-state index contributed by atoms with van der Waals surface area (Å²) in [4.78, 5) is 11.6. The number of rotatable bonds is 2. The second-order valence-corrected chi connectivity index (χ2v) is 9.81. The molecule has 0 unspecified atom stereocenters. The van der Waals surface area contributed by atoms with Gasteiger partial charge in [-0.25, -0.2) is 13.4 Å². The van der Waals surface area contributed by atoms with Crippen molar-refractivity contribution in [3.8, 4) is 0 Å². The highest BCUT2D eigenvalue weighted by molar-refractivity contribution is 14.0. The number of nitrogens with zero attached hydrogens (tertiary/aromatic N) is 3. The number of halogens is 1. The number of hydrogen-bond acceptors (Lipinski definition) is 5. The van der Waals surface area contributed by atoms with Crippen LogP contribution in [-0.4, -0.2) is 54.9 Å². The maximum atomic E-state index is 12.0. The number of nitrogens with one attached hydrogen (secondary N) is 1. The molecule has 1 aromatic heterocycles. The van der Waals surface area contributed by atoms with E-state index in [1.165, 1.54) is 0 Å². The largest absolute Gasteiger partial charge is 0.351 e. The first-order chi connectivity index (χ1) is 9.75. The van der Waals surface area contributed by atoms with Gasteiger partial charge in [0.15, 0.2) is 15.8 Å². The predicted molar refractivity (Wildman–Crippen MR) is 102 cm³/mol. The average molecular weight is 458 g/mol. The SMILES string of the molecule is CN=C(NCc1cnc(C)s1)N1CCS(=O)(=O)C(C)(C)C1.I. The average Bonchev–Trinajstić information content (AvgIpc) is 2.80. The number of thiazole rings is 1. The molecule has 0 bridgehead atoms. The lowest BCUT2D eigenvalue weighted by molar-refractivity contribution is 0.353. The Morgan fingerprint density at radius 2 is 2.23 bits per heavy atom. The summed E-state index contributed by atoms with van der Waals surface area (Å²) >= 11 is 1.64. The van der Waals surface area contributed by atoms with Crippen LogP contribution in [0.15, 0.2) is 11.2 Å². The molecule has 126 valence electrons. The summed E-state index contributed by atoms with van der Waals surface area (Å²) in [5.41, 5.74) is 0. The molecule has 1 fully saturated rings. The molecule has 0 aliphatic carbocycles. The van der Waals surface area contributed by atoms with Gasteiger partial charge in [0.25, 0.3) is 0 Å². The lowest BCUT2D eigenvalue weighted by Gasteiger charge is -2.39. The first-order valence-electron chi connectivity index (χ1n) is 6.84. The molecular formula is C13H23IN4O2S2. The van der Waals surface area contributed by atoms with E-state index in [4.69, 9.17) is 0 Å². The third-order valence-electron chi connectivity index (χ3n) is 3.64. The summed E-state index contributed by atoms with van der Waals surface area (Å²) in [6.45, 7) is 7.11. The summed E-state index contributed by atoms with van der Waals surface area (Å²) in [5.74, 6) is 0.907. The van der Waals surface area contributed by atoms with Crippen molar-refractivity contribution in [2.45, 2.75) is 32.1 Å². The van der Waals surface area contributed by atoms with Crippen LogP contribution in [0.1, 0.15) is 23.7 Å². The van der Waals surface area contributed by atoms with Crippen LogP contribution in [-0.2, 0) is 16.4 Å². The van der Waals surface area contributed by atoms with Crippen LogP contribution in [0.5, 0.6) is 0 Å². The van der Waals surface area contributed by atoms with Gasteiger partial charge in [0, 0.05) is 31.2 Å². The van der Waals surface area contributed by atoms with Crippen molar-refractivity contribution in [3.63, 3.8) is 0 Å². The van der Waals surface area contributed by atoms with Crippen LogP contribution in [0.4, 0.5) is 0 Å². The Kier molecular flexibility index (Phi) is 6.63. The Hall–Kier alpha value is -0.420. The van der Waals surface area contributed by atoms with E-state index in [1.807, 2.05) is 18.0 Å². The summed E-state index contributed by atoms with van der Waals surface area (Å²) in [6.07, 6.45) is 1.85. The first-order valence-corrected chi connectivity index (χ1v) is 9.31. The van der Waals surface area contributed by atoms with Gasteiger partial charge in [0.05, 0.1) is 22.1 Å². The fraction of sp³-hybridized carbons (Fsp3) is 0.692. The summed E-state index contributed by atoms with van der Waals surface area (Å²) in [5, 5.41) is 4.32. The Morgan fingerprint density at radius 3 is 2.73 bits per heavy atom. The minimum atomic E-state index is -3.03. The molecule has 1 aromatic rings. The highest BCUT2D eigenvalue weighted by Gasteiger charge is 2.40. The second kappa shape index (κ2) is 7.43. The number of guanidine groups is 1. The zero-order valence-corrected chi connectivity index (χ0v) is 17.3. The summed E-state index contributed by atoms with van der Waals surface area (Å²) in [7, 11) is -1.31. The second-order valence-electron chi connectivity index (χ2n) is 5.75. The van der Waals surface area contributed by atoms with Crippen molar-refractivity contribution < 1.29 is 8.42 Å². The van der Waals surface area contributed by atoms with Crippen LogP contribution in [0.3, 0.4) is 0 Å². The van der Waals surface area contributed by atoms with Crippen LogP contribution < -0.4 is 5.32 Å². The van der Waals surface area contributed by atoms with Crippen molar-refractivity contribution in [3.05, 3.63) is 16.1 Å². The van der Waals surface area contributed by atoms with Crippen LogP contribution in [0.2, 0.25) is 0 Å². The zero-order valence-electron chi connectivity index (χ0n) is 13.3. The van der Waals surface area contributed by atoms with Gasteiger partial charge < -0.3 is 10.2 Å². The Labute approximate surface area is 153 Å². The number of aryl methyl sites for hydroxylation is 1. The molecule has 1 aliphatic rings. The lowest BCUT2D eigenvalue weighted by atomic mass is 10.2. The standard InChI is InChI=1S/C13H22N4O2S2.HI/c1-10-15-7-11(20-10)8-16-12(14-4)17-5-6-21(18,19)13(2,3)9-17;/h7H,5-6,8-9H2,1-4H3,(H,14,16);1H. The van der Waals surface area contributed by atoms with Crippen LogP contribution in [0, 0.1) is 6.92 Å². The van der Waals surface area contributed by atoms with Crippen molar-refractivity contribution in [1.29, 1.82) is 0 Å². The van der Waals surface area contributed by atoms with Gasteiger partial charge in [-0.15, -0.1) is 35.3 Å². The van der Waals surface area contributed by atoms with E-state index in [0.717, 1.165) is 15.8 Å². The molecule has 2 heterocycles. The van der Waals surface area contributed by atoms with Gasteiger partial charge in [0.2, 0.25) is 0 Å². The van der Waals surface area contributed by atoms with Gasteiger partial charge in [-0.2, -0.15) is 0 Å². The van der Waals surface area contributed by atoms with Gasteiger partial charge in [-0.3, -0.25) is 4.99 Å². The maximum absolute atomic E-state index is 12.0. The molecule has 0 amide bonds. The van der Waals surface area contributed by atoms with Crippen molar-refractivity contribution >= 4 is 51.1 Å². The molecule has 2 rings (SSSR count). The van der Waals surface area contributed by atoms with E-state index >= 15 is 0 Å². The zero-order chi connectivity index (χ0) is 15.7. The van der Waals surface area contributed by atoms with Crippen molar-refractivity contribution in [1.82, 2.24) is 15.2 Å². The number of sulfone groups is 1. The fourth-order valence-corrected chi connectivity index (χ4v) is 4.41. The normalized spacial score (nSPS) is 20.4. The predicted octanol–water partition coefficient (Wildman–Crippen LogP) is 1.65. The smallest absolute Gasteiger partial charge is 0.194 e. The topological polar surface area (TPSA) is 74.7 Å². The van der Waals surface area contributed by atoms with E-state index in [-0.39, 0.29) is 29.7 Å². The molecule has 1 aliphatic heterocycles. The summed E-state index contributed by atoms with van der Waals surface area (Å²) in [6, 6.07) is 0. The van der Waals surface area contributed by atoms with E-state index in [1.54, 1.807) is 32.2 Å². The van der Waals surface area contributed by atoms with Crippen molar-refractivity contribution in [2.75, 3.05) is 25.9 Å². The van der Waals surface area contributed by atoms with Crippen LogP contribution >= 0.6 is 35.3 Å². The van der Waals surface area contributed by atoms with Crippen LogP contribution in [0.25, 0.3) is 0 Å². The third kappa shape index (κ3) is 4.31. The number of aromatic nitrogens is 1. The molecule has 0 radical (unpaired) electrons. The molecule has 0 saturated carbocycles. The van der Waals surface area contributed by atoms with E-state index in [2.05, 4.69) is 15.3 Å². The molecule has 1 N–H and O–H groups in total. The van der Waals surface area contributed by atoms with E-state index in [9.17, 15) is 8.42 Å². The minimum Gasteiger partial charge on any atom is -0.351 e. The molecule has 6 nitrogen and oxygen atoms in total. The molecular weight excluding hydrogens is 435 g/mol. The maximum Gasteiger partial charge on any atom is 0.194 e. The monoisotopic (exact) mass is 458 g/mol. The Bertz CT molecular complexity index is 640. The van der Waals surface area contributed by atoms with Gasteiger partial charge in [-0.05, 0) is 20.8 Å². The van der Waals surface area contributed by atoms with Crippen molar-refractivity contribution in [2.24, 2.45) is 4.99 Å². The molecule has 0 atom stereocenters. The number of aliphatic imine (C=N–C) groups is 1. The minimum absolute atomic E-state index is 0. The third-order valence-corrected chi connectivity index (χ3v) is 7.09. The number of hydrogen-bond donors (Lipinski definition) is 1. The highest BCUT2D eigenvalue weighted by Crippen LogP contribution is 2.23. The quantitative estimate of drug-likeness (QED) is 0.415. The van der Waals surface area contributed by atoms with E-state index < -0.39 is 14.6 Å². The highest BCUT2D eigenvalue weighted by atomic mass is 127. The first kappa shape index (κ1) is 19.6. The molecule has 9 heteroatoms. The molecule has 22 heavy (non-hydrogen) atoms. The molecule has 1 saturated heterocycles. The Balaban J connectivity index is 0.00000242. The van der Waals surface area contributed by atoms with E-state index in [0.29, 0.717) is 19.6 Å². The lowest BCUT2D eigenvalue weighted by Crippen LogP contribution is -2.57. The van der Waals surface area contributed by atoms with Gasteiger partial charge >= 0.3 is 0 Å². The van der Waals surface area contributed by atoms with Gasteiger partial charge in [0.1, 0.15) is 0 Å². The molecule has 0 spiro atoms. The Morgan fingerprint density at radius 1 is 1.55 bits per heavy atom. The fourth-order valence-electron chi connectivity index (χ4n) is 2.31. The van der Waals surface area contributed by atoms with Gasteiger partial charge in [-0.1, -0.05) is 0 Å². The summed E-state index contributed by atoms with van der Waals surface area (Å²) < 4.78 is 23.4. The molecule has 0 aromatic carbocycles.